The molecule has 0 bridgehead atoms. The molecule has 0 N–H and O–H groups in total. The van der Waals surface area contributed by atoms with E-state index in [9.17, 15) is 4.57 Å². The maximum Gasteiger partial charge on any atom is 0.169 e. The van der Waals surface area contributed by atoms with E-state index >= 15 is 0 Å². The SMILES string of the molecule is CCCCC(CC1CP1(=O)CC)[n+]1ccccc1.O=[N+]([O-])[O-]. The minimum atomic E-state index is -1.75. The number of pyridine rings is 1. The first-order chi connectivity index (χ1) is 10.4. The van der Waals surface area contributed by atoms with Crippen LogP contribution in [-0.2, 0) is 4.57 Å². The lowest BCUT2D eigenvalue weighted by Gasteiger charge is -2.11. The summed E-state index contributed by atoms with van der Waals surface area (Å²) in [5.74, 6) is 0. The Morgan fingerprint density at radius 1 is 1.27 bits per heavy atom. The van der Waals surface area contributed by atoms with Crippen LogP contribution in [0.3, 0.4) is 0 Å². The molecule has 1 fully saturated rings. The van der Waals surface area contributed by atoms with Gasteiger partial charge in [0.25, 0.3) is 0 Å². The highest BCUT2D eigenvalue weighted by molar-refractivity contribution is 7.72. The number of rotatable bonds is 7. The molecule has 3 atom stereocenters. The van der Waals surface area contributed by atoms with Crippen molar-refractivity contribution in [1.29, 1.82) is 0 Å². The molecular formula is C15H25N2O4P. The van der Waals surface area contributed by atoms with Crippen LogP contribution in [0, 0.1) is 15.3 Å². The molecule has 1 saturated heterocycles. The summed E-state index contributed by atoms with van der Waals surface area (Å²) in [6.45, 7) is 4.32. The quantitative estimate of drug-likeness (QED) is 0.331. The third-order valence-electron chi connectivity index (χ3n) is 4.18. The fourth-order valence-electron chi connectivity index (χ4n) is 2.76. The molecule has 0 aliphatic carbocycles. The predicted molar refractivity (Wildman–Crippen MR) is 87.0 cm³/mol. The van der Waals surface area contributed by atoms with Crippen LogP contribution in [0.4, 0.5) is 0 Å². The number of nitrogens with zero attached hydrogens (tertiary/aromatic N) is 2. The Kier molecular flexibility index (Phi) is 7.52. The molecule has 22 heavy (non-hydrogen) atoms. The lowest BCUT2D eigenvalue weighted by Crippen LogP contribution is -2.39. The van der Waals surface area contributed by atoms with Gasteiger partial charge in [0.1, 0.15) is 0 Å². The van der Waals surface area contributed by atoms with Crippen molar-refractivity contribution in [3.63, 3.8) is 0 Å². The zero-order chi connectivity index (χ0) is 16.6. The van der Waals surface area contributed by atoms with Crippen LogP contribution >= 0.6 is 7.14 Å². The summed E-state index contributed by atoms with van der Waals surface area (Å²) < 4.78 is 14.6. The number of unbranched alkanes of at least 4 members (excludes halogenated alkanes) is 1. The number of hydrogen-bond donors (Lipinski definition) is 0. The highest BCUT2D eigenvalue weighted by Crippen LogP contribution is 2.68. The van der Waals surface area contributed by atoms with Gasteiger partial charge in [0.05, 0.1) is 12.2 Å². The van der Waals surface area contributed by atoms with Gasteiger partial charge in [-0.25, -0.2) is 4.57 Å². The van der Waals surface area contributed by atoms with Gasteiger partial charge in [-0.3, -0.25) is 0 Å². The highest BCUT2D eigenvalue weighted by Gasteiger charge is 2.49. The molecule has 7 heteroatoms. The molecular weight excluding hydrogens is 303 g/mol. The smallest absolute Gasteiger partial charge is 0.169 e. The molecule has 0 radical (unpaired) electrons. The van der Waals surface area contributed by atoms with Crippen LogP contribution in [0.5, 0.6) is 0 Å². The summed E-state index contributed by atoms with van der Waals surface area (Å²) in [4.78, 5) is 8.25. The maximum atomic E-state index is 12.3. The van der Waals surface area contributed by atoms with Gasteiger partial charge in [0.2, 0.25) is 0 Å². The third kappa shape index (κ3) is 6.14. The van der Waals surface area contributed by atoms with Gasteiger partial charge >= 0.3 is 0 Å². The van der Waals surface area contributed by atoms with Crippen molar-refractivity contribution in [3.8, 4) is 0 Å². The van der Waals surface area contributed by atoms with Crippen molar-refractivity contribution < 1.29 is 14.2 Å². The van der Waals surface area contributed by atoms with E-state index < -0.39 is 12.2 Å². The fourth-order valence-corrected chi connectivity index (χ4v) is 5.48. The van der Waals surface area contributed by atoms with Crippen LogP contribution in [0.15, 0.2) is 30.6 Å². The minimum Gasteiger partial charge on any atom is -0.356 e. The molecule has 0 saturated carbocycles. The Labute approximate surface area is 131 Å². The molecule has 1 aromatic rings. The van der Waals surface area contributed by atoms with E-state index in [-0.39, 0.29) is 0 Å². The van der Waals surface area contributed by atoms with Gasteiger partial charge in [-0.2, -0.15) is 0 Å². The topological polar surface area (TPSA) is 87.1 Å². The average Bonchev–Trinajstić information content (AvgIpc) is 3.15. The first-order valence-electron chi connectivity index (χ1n) is 7.78. The molecule has 0 aromatic carbocycles. The van der Waals surface area contributed by atoms with E-state index in [2.05, 4.69) is 49.0 Å². The van der Waals surface area contributed by atoms with Crippen molar-refractivity contribution in [3.05, 3.63) is 45.9 Å². The van der Waals surface area contributed by atoms with Gasteiger partial charge in [0, 0.05) is 36.8 Å². The Morgan fingerprint density at radius 2 is 1.86 bits per heavy atom. The Balaban J connectivity index is 0.000000541. The first kappa shape index (κ1) is 18.6. The Morgan fingerprint density at radius 3 is 2.32 bits per heavy atom. The lowest BCUT2D eigenvalue weighted by molar-refractivity contribution is -0.724. The molecule has 1 aromatic heterocycles. The third-order valence-corrected chi connectivity index (χ3v) is 7.57. The summed E-state index contributed by atoms with van der Waals surface area (Å²) in [5.41, 5.74) is 0.511. The lowest BCUT2D eigenvalue weighted by atomic mass is 10.0. The summed E-state index contributed by atoms with van der Waals surface area (Å²) in [6.07, 6.45) is 11.0. The van der Waals surface area contributed by atoms with Crippen LogP contribution < -0.4 is 4.57 Å². The standard InChI is InChI=1S/C15H25NOP.NO3/c1-3-5-9-14(16-10-7-6-8-11-16)12-15-13-18(15,17)4-2;2-1(3)4/h6-8,10-11,14-15H,3-5,9,12-13H2,1-2H3;/q+1;-1. The van der Waals surface area contributed by atoms with Crippen molar-refractivity contribution in [2.75, 3.05) is 12.3 Å². The molecule has 2 heterocycles. The molecule has 1 aliphatic heterocycles. The molecule has 6 nitrogen and oxygen atoms in total. The van der Waals surface area contributed by atoms with Crippen molar-refractivity contribution in [2.45, 2.75) is 51.2 Å². The summed E-state index contributed by atoms with van der Waals surface area (Å²) >= 11 is 0. The van der Waals surface area contributed by atoms with Gasteiger partial charge < -0.3 is 19.9 Å². The van der Waals surface area contributed by atoms with Gasteiger partial charge in [-0.15, -0.1) is 0 Å². The molecule has 0 spiro atoms. The van der Waals surface area contributed by atoms with E-state index in [1.807, 2.05) is 0 Å². The molecule has 1 aliphatic rings. The zero-order valence-corrected chi connectivity index (χ0v) is 14.2. The fraction of sp³-hybridized carbons (Fsp3) is 0.667. The highest BCUT2D eigenvalue weighted by atomic mass is 31.2. The Bertz CT molecular complexity index is 506. The molecule has 2 rings (SSSR count). The van der Waals surface area contributed by atoms with Crippen LogP contribution in [0.2, 0.25) is 0 Å². The first-order valence-corrected chi connectivity index (χ1v) is 9.92. The largest absolute Gasteiger partial charge is 0.356 e. The molecule has 124 valence electrons. The predicted octanol–water partition coefficient (Wildman–Crippen LogP) is 3.62. The van der Waals surface area contributed by atoms with Crippen LogP contribution in [0.1, 0.15) is 45.6 Å². The molecule has 3 unspecified atom stereocenters. The van der Waals surface area contributed by atoms with Crippen molar-refractivity contribution in [1.82, 2.24) is 0 Å². The van der Waals surface area contributed by atoms with Gasteiger partial charge in [-0.05, 0) is 12.6 Å². The van der Waals surface area contributed by atoms with E-state index in [1.54, 1.807) is 0 Å². The monoisotopic (exact) mass is 328 g/mol. The summed E-state index contributed by atoms with van der Waals surface area (Å²) in [6, 6.07) is 6.77. The minimum absolute atomic E-state index is 0.511. The normalized spacial score (nSPS) is 24.0. The van der Waals surface area contributed by atoms with E-state index in [1.165, 1.54) is 19.3 Å². The zero-order valence-electron chi connectivity index (χ0n) is 13.3. The Hall–Kier alpha value is -1.42. The number of aromatic nitrogens is 1. The average molecular weight is 328 g/mol. The number of hydrogen-bond acceptors (Lipinski definition) is 4. The maximum absolute atomic E-state index is 12.3. The van der Waals surface area contributed by atoms with E-state index in [4.69, 9.17) is 15.3 Å². The van der Waals surface area contributed by atoms with Crippen molar-refractivity contribution >= 4 is 7.14 Å². The van der Waals surface area contributed by atoms with Crippen LogP contribution in [0.25, 0.3) is 0 Å². The van der Waals surface area contributed by atoms with Crippen LogP contribution in [-0.4, -0.2) is 23.1 Å². The molecule has 0 amide bonds. The van der Waals surface area contributed by atoms with Crippen molar-refractivity contribution in [2.24, 2.45) is 0 Å². The second-order valence-corrected chi connectivity index (χ2v) is 9.32. The van der Waals surface area contributed by atoms with E-state index in [0.29, 0.717) is 11.7 Å². The van der Waals surface area contributed by atoms with E-state index in [0.717, 1.165) is 18.7 Å². The van der Waals surface area contributed by atoms with Gasteiger partial charge in [-0.1, -0.05) is 26.3 Å². The second-order valence-electron chi connectivity index (χ2n) is 5.68. The summed E-state index contributed by atoms with van der Waals surface area (Å²) in [5, 5.41) is 14.8. The summed E-state index contributed by atoms with van der Waals surface area (Å²) in [7, 11) is -1.73. The van der Waals surface area contributed by atoms with Gasteiger partial charge in [0.15, 0.2) is 18.4 Å². The second kappa shape index (κ2) is 8.89.